The molecule has 6 heteroatoms. The molecule has 0 bridgehead atoms. The van der Waals surface area contributed by atoms with E-state index in [-0.39, 0.29) is 5.41 Å². The highest BCUT2D eigenvalue weighted by Gasteiger charge is 2.30. The average molecular weight is 735 g/mol. The Morgan fingerprint density at radius 1 is 0.636 bits per heavy atom. The Balaban J connectivity index is 1.08. The van der Waals surface area contributed by atoms with Crippen LogP contribution in [0.3, 0.4) is 0 Å². The molecule has 1 aliphatic rings. The van der Waals surface area contributed by atoms with Gasteiger partial charge in [-0.2, -0.15) is 0 Å². The second kappa shape index (κ2) is 12.5. The lowest BCUT2D eigenvalue weighted by atomic mass is 9.88. The van der Waals surface area contributed by atoms with E-state index < -0.39 is 0 Å². The van der Waals surface area contributed by atoms with Gasteiger partial charge in [0.15, 0.2) is 0 Å². The zero-order valence-electron chi connectivity index (χ0n) is 32.0. The van der Waals surface area contributed by atoms with Crippen molar-refractivity contribution in [1.82, 2.24) is 9.55 Å². The minimum absolute atomic E-state index is 0.0147. The Morgan fingerprint density at radius 3 is 2.16 bits per heavy atom. The number of rotatable bonds is 5. The largest absolute Gasteiger partial charge is 0.457 e. The van der Waals surface area contributed by atoms with Gasteiger partial charge >= 0.3 is 0 Å². The maximum absolute atomic E-state index is 6.77. The fourth-order valence-corrected chi connectivity index (χ4v) is 9.91. The molecule has 270 valence electrons. The molecular formula is C49H42N4OS. The molecule has 0 aliphatic carbocycles. The highest BCUT2D eigenvalue weighted by atomic mass is 32.1. The number of fused-ring (bicyclic) bond motifs is 8. The van der Waals surface area contributed by atoms with Crippen molar-refractivity contribution in [2.75, 3.05) is 16.5 Å². The van der Waals surface area contributed by atoms with Gasteiger partial charge in [-0.1, -0.05) is 80.9 Å². The first kappa shape index (κ1) is 33.5. The van der Waals surface area contributed by atoms with Crippen molar-refractivity contribution in [2.45, 2.75) is 47.0 Å². The van der Waals surface area contributed by atoms with Crippen molar-refractivity contribution in [3.05, 3.63) is 156 Å². The SMILES string of the molecule is Cc1cc(C)c(N2CN(c3cccc(Oc4ccc5c6c7sc8ccccc8c7ccc6n(-c6cc(C(C)(C)C)ccn6)c5c4)c3)c3ccccc32)c(C)c1. The van der Waals surface area contributed by atoms with Gasteiger partial charge in [-0.15, -0.1) is 11.3 Å². The summed E-state index contributed by atoms with van der Waals surface area (Å²) < 4.78 is 11.7. The van der Waals surface area contributed by atoms with Gasteiger partial charge in [-0.25, -0.2) is 4.98 Å². The van der Waals surface area contributed by atoms with Gasteiger partial charge in [-0.3, -0.25) is 4.57 Å². The van der Waals surface area contributed by atoms with Crippen LogP contribution >= 0.6 is 11.3 Å². The number of aryl methyl sites for hydroxylation is 3. The summed E-state index contributed by atoms with van der Waals surface area (Å²) in [7, 11) is 0. The van der Waals surface area contributed by atoms with Gasteiger partial charge in [0, 0.05) is 60.6 Å². The van der Waals surface area contributed by atoms with Crippen LogP contribution in [-0.2, 0) is 5.41 Å². The molecule has 1 aliphatic heterocycles. The zero-order chi connectivity index (χ0) is 37.6. The van der Waals surface area contributed by atoms with Gasteiger partial charge in [0.25, 0.3) is 0 Å². The predicted octanol–water partition coefficient (Wildman–Crippen LogP) is 13.8. The summed E-state index contributed by atoms with van der Waals surface area (Å²) in [6.45, 7) is 14.1. The highest BCUT2D eigenvalue weighted by Crippen LogP contribution is 2.47. The number of pyridine rings is 1. The van der Waals surface area contributed by atoms with Crippen LogP contribution in [0.25, 0.3) is 47.8 Å². The fraction of sp³-hybridized carbons (Fsp3) is 0.163. The third-order valence-electron chi connectivity index (χ3n) is 11.1. The van der Waals surface area contributed by atoms with E-state index in [0.29, 0.717) is 6.67 Å². The lowest BCUT2D eigenvalue weighted by Crippen LogP contribution is -2.25. The van der Waals surface area contributed by atoms with E-state index in [4.69, 9.17) is 9.72 Å². The molecule has 0 saturated heterocycles. The molecule has 0 fully saturated rings. The number of para-hydroxylation sites is 2. The molecule has 6 aromatic carbocycles. The van der Waals surface area contributed by atoms with Crippen molar-refractivity contribution >= 4 is 76.1 Å². The minimum Gasteiger partial charge on any atom is -0.457 e. The predicted molar refractivity (Wildman–Crippen MR) is 233 cm³/mol. The summed E-state index contributed by atoms with van der Waals surface area (Å²) in [6.07, 6.45) is 1.94. The molecule has 0 atom stereocenters. The van der Waals surface area contributed by atoms with Crippen molar-refractivity contribution in [1.29, 1.82) is 0 Å². The number of nitrogens with zero attached hydrogens (tertiary/aromatic N) is 4. The van der Waals surface area contributed by atoms with E-state index in [9.17, 15) is 0 Å². The van der Waals surface area contributed by atoms with Gasteiger partial charge in [-0.05, 0) is 104 Å². The van der Waals surface area contributed by atoms with Gasteiger partial charge in [0.1, 0.15) is 24.0 Å². The number of hydrogen-bond donors (Lipinski definition) is 0. The van der Waals surface area contributed by atoms with Gasteiger partial charge < -0.3 is 14.5 Å². The van der Waals surface area contributed by atoms with E-state index in [2.05, 4.69) is 177 Å². The second-order valence-corrected chi connectivity index (χ2v) is 17.0. The third-order valence-corrected chi connectivity index (χ3v) is 12.3. The summed E-state index contributed by atoms with van der Waals surface area (Å²) in [6, 6.07) is 45.9. The van der Waals surface area contributed by atoms with Crippen LogP contribution in [0.2, 0.25) is 0 Å². The van der Waals surface area contributed by atoms with Crippen LogP contribution < -0.4 is 14.5 Å². The van der Waals surface area contributed by atoms with Crippen molar-refractivity contribution in [2.24, 2.45) is 0 Å². The Morgan fingerprint density at radius 2 is 1.36 bits per heavy atom. The summed E-state index contributed by atoms with van der Waals surface area (Å²) >= 11 is 1.87. The highest BCUT2D eigenvalue weighted by molar-refractivity contribution is 7.26. The Kier molecular flexibility index (Phi) is 7.59. The number of ether oxygens (including phenoxy) is 1. The Bertz CT molecular complexity index is 2960. The monoisotopic (exact) mass is 734 g/mol. The minimum atomic E-state index is -0.0147. The van der Waals surface area contributed by atoms with Crippen molar-refractivity contribution in [3.63, 3.8) is 0 Å². The normalized spacial score (nSPS) is 13.1. The van der Waals surface area contributed by atoms with Crippen LogP contribution in [0.4, 0.5) is 22.7 Å². The van der Waals surface area contributed by atoms with E-state index in [0.717, 1.165) is 34.0 Å². The summed E-state index contributed by atoms with van der Waals surface area (Å²) in [5.74, 6) is 2.48. The molecule has 0 N–H and O–H groups in total. The van der Waals surface area contributed by atoms with E-state index in [1.54, 1.807) is 0 Å². The first-order valence-corrected chi connectivity index (χ1v) is 19.8. The van der Waals surface area contributed by atoms with Gasteiger partial charge in [0.05, 0.1) is 22.4 Å². The third kappa shape index (κ3) is 5.46. The zero-order valence-corrected chi connectivity index (χ0v) is 32.8. The molecule has 0 amide bonds. The topological polar surface area (TPSA) is 33.5 Å². The first-order chi connectivity index (χ1) is 26.6. The first-order valence-electron chi connectivity index (χ1n) is 19.0. The van der Waals surface area contributed by atoms with E-state index >= 15 is 0 Å². The molecule has 0 saturated carbocycles. The van der Waals surface area contributed by atoms with E-state index in [1.807, 2.05) is 23.6 Å². The van der Waals surface area contributed by atoms with Crippen LogP contribution in [0.15, 0.2) is 134 Å². The summed E-state index contributed by atoms with van der Waals surface area (Å²) in [5, 5.41) is 5.02. The van der Waals surface area contributed by atoms with Gasteiger partial charge in [0.2, 0.25) is 0 Å². The average Bonchev–Trinajstić information content (AvgIpc) is 3.84. The van der Waals surface area contributed by atoms with Crippen LogP contribution in [0.5, 0.6) is 11.5 Å². The molecule has 0 radical (unpaired) electrons. The Labute approximate surface area is 325 Å². The molecule has 5 nitrogen and oxygen atoms in total. The lowest BCUT2D eigenvalue weighted by Gasteiger charge is -2.25. The van der Waals surface area contributed by atoms with Crippen LogP contribution in [0.1, 0.15) is 43.0 Å². The maximum Gasteiger partial charge on any atom is 0.137 e. The summed E-state index contributed by atoms with van der Waals surface area (Å²) in [4.78, 5) is 9.79. The number of benzene rings is 6. The maximum atomic E-state index is 6.77. The molecule has 10 rings (SSSR count). The van der Waals surface area contributed by atoms with Crippen LogP contribution in [0, 0.1) is 20.8 Å². The molecule has 4 heterocycles. The molecule has 3 aromatic heterocycles. The lowest BCUT2D eigenvalue weighted by molar-refractivity contribution is 0.483. The molecule has 55 heavy (non-hydrogen) atoms. The second-order valence-electron chi connectivity index (χ2n) is 15.9. The quantitative estimate of drug-likeness (QED) is 0.176. The number of anilines is 4. The molecule has 0 unspecified atom stereocenters. The summed E-state index contributed by atoms with van der Waals surface area (Å²) in [5.41, 5.74) is 12.0. The smallest absolute Gasteiger partial charge is 0.137 e. The fourth-order valence-electron chi connectivity index (χ4n) is 8.66. The standard InChI is InChI=1S/C49H42N4OS/c1-30-24-31(2)47(32(3)25-30)52-29-51(40-15-8-9-16-41(40)52)34-12-11-13-35(27-34)54-36-18-19-39-43(28-36)53(45-26-33(22-23-50-45)49(4,5)6)42-21-20-38-37-14-7-10-17-44(37)55-48(38)46(39)42/h7-28H,29H2,1-6H3. The molecular weight excluding hydrogens is 693 g/mol. The molecule has 0 spiro atoms. The van der Waals surface area contributed by atoms with Crippen LogP contribution in [-0.4, -0.2) is 16.2 Å². The Hall–Kier alpha value is -6.11. The van der Waals surface area contributed by atoms with E-state index in [1.165, 1.54) is 70.3 Å². The number of aromatic nitrogens is 2. The molecule has 9 aromatic rings. The van der Waals surface area contributed by atoms with Crippen molar-refractivity contribution < 1.29 is 4.74 Å². The number of thiophene rings is 1. The number of hydrogen-bond acceptors (Lipinski definition) is 5. The van der Waals surface area contributed by atoms with Crippen molar-refractivity contribution in [3.8, 4) is 17.3 Å².